The zero-order chi connectivity index (χ0) is 18.6. The number of pyridine rings is 2. The van der Waals surface area contributed by atoms with Crippen LogP contribution in [0.3, 0.4) is 0 Å². The second-order valence-corrected chi connectivity index (χ2v) is 6.10. The summed E-state index contributed by atoms with van der Waals surface area (Å²) in [5.41, 5.74) is 3.43. The zero-order valence-corrected chi connectivity index (χ0v) is 14.4. The van der Waals surface area contributed by atoms with Crippen molar-refractivity contribution in [2.75, 3.05) is 0 Å². The number of hydrogen-bond acceptors (Lipinski definition) is 3. The first kappa shape index (κ1) is 16.8. The average Bonchev–Trinajstić information content (AvgIpc) is 2.73. The maximum absolute atomic E-state index is 13.0. The van der Waals surface area contributed by atoms with Gasteiger partial charge in [0.25, 0.3) is 5.91 Å². The molecule has 2 heterocycles. The highest BCUT2D eigenvalue weighted by Crippen LogP contribution is 2.23. The van der Waals surface area contributed by atoms with Gasteiger partial charge in [-0.2, -0.15) is 0 Å². The maximum atomic E-state index is 13.0. The molecule has 0 bridgehead atoms. The summed E-state index contributed by atoms with van der Waals surface area (Å²) in [6.45, 7) is 0.314. The Labute approximate surface area is 155 Å². The summed E-state index contributed by atoms with van der Waals surface area (Å²) in [6.07, 6.45) is 1.69. The van der Waals surface area contributed by atoms with Crippen LogP contribution in [-0.2, 0) is 6.54 Å². The molecule has 0 radical (unpaired) electrons. The van der Waals surface area contributed by atoms with E-state index in [0.717, 1.165) is 16.5 Å². The van der Waals surface area contributed by atoms with Gasteiger partial charge in [0, 0.05) is 18.1 Å². The molecule has 132 valence electrons. The molecule has 0 aliphatic carbocycles. The summed E-state index contributed by atoms with van der Waals surface area (Å²) in [5, 5.41) is 3.67. The molecule has 0 saturated heterocycles. The molecule has 0 atom stereocenters. The first-order chi connectivity index (χ1) is 13.2. The Morgan fingerprint density at radius 2 is 1.70 bits per heavy atom. The van der Waals surface area contributed by atoms with E-state index in [1.165, 1.54) is 12.1 Å². The van der Waals surface area contributed by atoms with E-state index in [0.29, 0.717) is 23.5 Å². The molecular weight excluding hydrogens is 341 g/mol. The first-order valence-corrected chi connectivity index (χ1v) is 8.54. The van der Waals surface area contributed by atoms with Gasteiger partial charge in [-0.3, -0.25) is 9.78 Å². The normalized spacial score (nSPS) is 10.7. The lowest BCUT2D eigenvalue weighted by Crippen LogP contribution is -2.23. The van der Waals surface area contributed by atoms with Crippen molar-refractivity contribution in [1.29, 1.82) is 0 Å². The molecule has 4 nitrogen and oxygen atoms in total. The second kappa shape index (κ2) is 7.33. The van der Waals surface area contributed by atoms with Crippen LogP contribution in [-0.4, -0.2) is 15.9 Å². The van der Waals surface area contributed by atoms with Gasteiger partial charge in [0.2, 0.25) is 0 Å². The van der Waals surface area contributed by atoms with Gasteiger partial charge in [-0.25, -0.2) is 9.37 Å². The van der Waals surface area contributed by atoms with Gasteiger partial charge in [0.15, 0.2) is 0 Å². The summed E-state index contributed by atoms with van der Waals surface area (Å²) >= 11 is 0. The number of halogens is 1. The molecule has 1 amide bonds. The fourth-order valence-corrected chi connectivity index (χ4v) is 2.89. The smallest absolute Gasteiger partial charge is 0.252 e. The van der Waals surface area contributed by atoms with Crippen LogP contribution < -0.4 is 5.32 Å². The van der Waals surface area contributed by atoms with E-state index in [1.807, 2.05) is 42.5 Å². The Hall–Kier alpha value is -3.60. The molecular formula is C22H16FN3O. The van der Waals surface area contributed by atoms with Crippen molar-refractivity contribution in [3.63, 3.8) is 0 Å². The zero-order valence-electron chi connectivity index (χ0n) is 14.4. The maximum Gasteiger partial charge on any atom is 0.252 e. The summed E-state index contributed by atoms with van der Waals surface area (Å²) in [4.78, 5) is 21.8. The molecule has 27 heavy (non-hydrogen) atoms. The third-order valence-corrected chi connectivity index (χ3v) is 4.25. The average molecular weight is 357 g/mol. The number of rotatable bonds is 4. The lowest BCUT2D eigenvalue weighted by atomic mass is 10.1. The highest BCUT2D eigenvalue weighted by atomic mass is 19.1. The molecule has 0 saturated carbocycles. The van der Waals surface area contributed by atoms with Gasteiger partial charge in [-0.15, -0.1) is 0 Å². The van der Waals surface area contributed by atoms with E-state index in [1.54, 1.807) is 24.4 Å². The monoisotopic (exact) mass is 357 g/mol. The summed E-state index contributed by atoms with van der Waals surface area (Å²) in [5.74, 6) is -0.514. The predicted octanol–water partition coefficient (Wildman–Crippen LogP) is 4.37. The number of fused-ring (bicyclic) bond motifs is 1. The van der Waals surface area contributed by atoms with E-state index in [2.05, 4.69) is 15.3 Å². The highest BCUT2D eigenvalue weighted by molar-refractivity contribution is 6.07. The van der Waals surface area contributed by atoms with Crippen molar-refractivity contribution in [2.45, 2.75) is 6.54 Å². The Morgan fingerprint density at radius 1 is 0.926 bits per heavy atom. The third kappa shape index (κ3) is 3.67. The van der Waals surface area contributed by atoms with Crippen molar-refractivity contribution in [2.24, 2.45) is 0 Å². The molecule has 0 aliphatic rings. The van der Waals surface area contributed by atoms with Crippen LogP contribution in [0, 0.1) is 5.82 Å². The molecule has 0 spiro atoms. The molecule has 4 aromatic rings. The van der Waals surface area contributed by atoms with Crippen LogP contribution >= 0.6 is 0 Å². The molecule has 2 aromatic heterocycles. The van der Waals surface area contributed by atoms with Crippen LogP contribution in [0.25, 0.3) is 22.3 Å². The second-order valence-electron chi connectivity index (χ2n) is 6.10. The van der Waals surface area contributed by atoms with Gasteiger partial charge in [-0.1, -0.05) is 36.4 Å². The Bertz CT molecular complexity index is 1100. The van der Waals surface area contributed by atoms with E-state index in [-0.39, 0.29) is 11.7 Å². The van der Waals surface area contributed by atoms with Crippen LogP contribution in [0.15, 0.2) is 79.0 Å². The van der Waals surface area contributed by atoms with Crippen LogP contribution in [0.2, 0.25) is 0 Å². The number of benzene rings is 2. The number of carbonyl (C=O) groups excluding carboxylic acids is 1. The van der Waals surface area contributed by atoms with Crippen molar-refractivity contribution in [1.82, 2.24) is 15.3 Å². The minimum atomic E-state index is -0.301. The van der Waals surface area contributed by atoms with Gasteiger partial charge >= 0.3 is 0 Å². The quantitative estimate of drug-likeness (QED) is 0.590. The predicted molar refractivity (Wildman–Crippen MR) is 103 cm³/mol. The topological polar surface area (TPSA) is 54.9 Å². The van der Waals surface area contributed by atoms with Crippen molar-refractivity contribution in [3.8, 4) is 11.4 Å². The molecule has 0 unspecified atom stereocenters. The minimum absolute atomic E-state index is 0.213. The number of para-hydroxylation sites is 1. The highest BCUT2D eigenvalue weighted by Gasteiger charge is 2.14. The molecule has 0 aliphatic heterocycles. The van der Waals surface area contributed by atoms with Crippen molar-refractivity contribution < 1.29 is 9.18 Å². The number of aromatic nitrogens is 2. The Kier molecular flexibility index (Phi) is 4.58. The Morgan fingerprint density at radius 3 is 2.48 bits per heavy atom. The summed E-state index contributed by atoms with van der Waals surface area (Å²) in [7, 11) is 0. The van der Waals surface area contributed by atoms with Gasteiger partial charge in [0.1, 0.15) is 5.82 Å². The SMILES string of the molecule is O=C(NCc1ccc(F)cc1)c1cc(-c2ccccn2)nc2ccccc12. The molecule has 1 N–H and O–H groups in total. The lowest BCUT2D eigenvalue weighted by Gasteiger charge is -2.10. The molecule has 5 heteroatoms. The number of nitrogens with zero attached hydrogens (tertiary/aromatic N) is 2. The summed E-state index contributed by atoms with van der Waals surface area (Å²) < 4.78 is 13.0. The first-order valence-electron chi connectivity index (χ1n) is 8.54. The fourth-order valence-electron chi connectivity index (χ4n) is 2.89. The van der Waals surface area contributed by atoms with Gasteiger partial charge < -0.3 is 5.32 Å². The minimum Gasteiger partial charge on any atom is -0.348 e. The number of amides is 1. The van der Waals surface area contributed by atoms with E-state index in [9.17, 15) is 9.18 Å². The van der Waals surface area contributed by atoms with Crippen LogP contribution in [0.5, 0.6) is 0 Å². The van der Waals surface area contributed by atoms with Crippen LogP contribution in [0.1, 0.15) is 15.9 Å². The summed E-state index contributed by atoms with van der Waals surface area (Å²) in [6, 6.07) is 20.9. The number of hydrogen-bond donors (Lipinski definition) is 1. The number of nitrogens with one attached hydrogen (secondary N) is 1. The Balaban J connectivity index is 1.69. The number of carbonyl (C=O) groups is 1. The van der Waals surface area contributed by atoms with Gasteiger partial charge in [-0.05, 0) is 42.0 Å². The fraction of sp³-hybridized carbons (Fsp3) is 0.0455. The van der Waals surface area contributed by atoms with Gasteiger partial charge in [0.05, 0.1) is 22.5 Å². The molecule has 2 aromatic carbocycles. The molecule has 0 fully saturated rings. The van der Waals surface area contributed by atoms with E-state index in [4.69, 9.17) is 0 Å². The molecule has 4 rings (SSSR count). The lowest BCUT2D eigenvalue weighted by molar-refractivity contribution is 0.0952. The largest absolute Gasteiger partial charge is 0.348 e. The van der Waals surface area contributed by atoms with Crippen molar-refractivity contribution >= 4 is 16.8 Å². The van der Waals surface area contributed by atoms with Crippen molar-refractivity contribution in [3.05, 3.63) is 95.9 Å². The standard InChI is InChI=1S/C22H16FN3O/c23-16-10-8-15(9-11-16)14-25-22(27)18-13-21(20-7-3-4-12-24-20)26-19-6-2-1-5-17(18)19/h1-13H,14H2,(H,25,27). The third-order valence-electron chi connectivity index (χ3n) is 4.25. The van der Waals surface area contributed by atoms with E-state index < -0.39 is 0 Å². The van der Waals surface area contributed by atoms with E-state index >= 15 is 0 Å². The van der Waals surface area contributed by atoms with Crippen LogP contribution in [0.4, 0.5) is 4.39 Å².